The number of nitrogens with zero attached hydrogens (tertiary/aromatic N) is 2. The van der Waals surface area contributed by atoms with Gasteiger partial charge in [0.1, 0.15) is 5.82 Å². The first kappa shape index (κ1) is 21.1. The van der Waals surface area contributed by atoms with Crippen molar-refractivity contribution < 1.29 is 9.13 Å². The van der Waals surface area contributed by atoms with E-state index in [1.807, 2.05) is 13.0 Å². The number of halogens is 1. The van der Waals surface area contributed by atoms with Gasteiger partial charge in [-0.25, -0.2) is 4.39 Å². The van der Waals surface area contributed by atoms with E-state index in [1.54, 1.807) is 6.07 Å². The lowest BCUT2D eigenvalue weighted by Gasteiger charge is -2.43. The largest absolute Gasteiger partial charge is 0.381 e. The van der Waals surface area contributed by atoms with Crippen molar-refractivity contribution in [3.05, 3.63) is 35.1 Å². The maximum Gasteiger partial charge on any atom is 0.191 e. The highest BCUT2D eigenvalue weighted by molar-refractivity contribution is 5.79. The summed E-state index contributed by atoms with van der Waals surface area (Å²) in [5.74, 6) is 0.695. The van der Waals surface area contributed by atoms with E-state index in [4.69, 9.17) is 9.73 Å². The Kier molecular flexibility index (Phi) is 7.68. The van der Waals surface area contributed by atoms with Crippen molar-refractivity contribution in [3.8, 4) is 0 Å². The number of rotatable bonds is 7. The van der Waals surface area contributed by atoms with Crippen LogP contribution < -0.4 is 10.6 Å². The standard InChI is InChI=1S/C22H35FN4O/c1-3-24-21(25-11-8-19-6-7-20(23)16-18(19)2)26-17-22(9-14-28-15-10-22)27-12-4-5-13-27/h6-7,16H,3-5,8-15,17H2,1-2H3,(H2,24,25,26). The molecular formula is C22H35FN4O. The molecule has 2 heterocycles. The number of aliphatic imine (C=N–C) groups is 1. The third-order valence-corrected chi connectivity index (χ3v) is 6.07. The van der Waals surface area contributed by atoms with E-state index >= 15 is 0 Å². The van der Waals surface area contributed by atoms with Crippen LogP contribution in [-0.2, 0) is 11.2 Å². The average molecular weight is 391 g/mol. The summed E-state index contributed by atoms with van der Waals surface area (Å²) < 4.78 is 18.9. The number of hydrogen-bond acceptors (Lipinski definition) is 3. The van der Waals surface area contributed by atoms with Crippen LogP contribution in [0, 0.1) is 12.7 Å². The fourth-order valence-electron chi connectivity index (χ4n) is 4.34. The predicted octanol–water partition coefficient (Wildman–Crippen LogP) is 2.88. The third kappa shape index (κ3) is 5.45. The monoisotopic (exact) mass is 390 g/mol. The minimum absolute atomic E-state index is 0.143. The Labute approximate surface area is 168 Å². The SMILES string of the molecule is CCNC(=NCC1(N2CCCC2)CCOCC1)NCCc1ccc(F)cc1C. The topological polar surface area (TPSA) is 48.9 Å². The molecule has 2 fully saturated rings. The lowest BCUT2D eigenvalue weighted by molar-refractivity contribution is -0.0139. The molecular weight excluding hydrogens is 355 g/mol. The van der Waals surface area contributed by atoms with Gasteiger partial charge in [0, 0.05) is 31.8 Å². The molecule has 0 saturated carbocycles. The van der Waals surface area contributed by atoms with Crippen LogP contribution in [0.1, 0.15) is 43.7 Å². The van der Waals surface area contributed by atoms with E-state index in [1.165, 1.54) is 37.6 Å². The van der Waals surface area contributed by atoms with Crippen molar-refractivity contribution in [1.82, 2.24) is 15.5 Å². The summed E-state index contributed by atoms with van der Waals surface area (Å²) in [6.07, 6.45) is 5.56. The lowest BCUT2D eigenvalue weighted by atomic mass is 9.88. The maximum atomic E-state index is 13.3. The van der Waals surface area contributed by atoms with E-state index in [0.717, 1.165) is 63.6 Å². The van der Waals surface area contributed by atoms with E-state index in [-0.39, 0.29) is 11.4 Å². The second-order valence-corrected chi connectivity index (χ2v) is 7.97. The molecule has 0 radical (unpaired) electrons. The van der Waals surface area contributed by atoms with Crippen molar-refractivity contribution in [2.75, 3.05) is 45.9 Å². The maximum absolute atomic E-state index is 13.3. The molecule has 2 saturated heterocycles. The molecule has 0 aromatic heterocycles. The smallest absolute Gasteiger partial charge is 0.191 e. The average Bonchev–Trinajstić information content (AvgIpc) is 3.24. The van der Waals surface area contributed by atoms with E-state index in [0.29, 0.717) is 0 Å². The van der Waals surface area contributed by atoms with Crippen molar-refractivity contribution >= 4 is 5.96 Å². The van der Waals surface area contributed by atoms with Gasteiger partial charge >= 0.3 is 0 Å². The second kappa shape index (κ2) is 10.2. The van der Waals surface area contributed by atoms with E-state index < -0.39 is 0 Å². The fraction of sp³-hybridized carbons (Fsp3) is 0.682. The first-order valence-electron chi connectivity index (χ1n) is 10.7. The number of nitrogens with one attached hydrogen (secondary N) is 2. The first-order chi connectivity index (χ1) is 13.6. The molecule has 5 nitrogen and oxygen atoms in total. The summed E-state index contributed by atoms with van der Waals surface area (Å²) in [5.41, 5.74) is 2.31. The van der Waals surface area contributed by atoms with Crippen LogP contribution in [0.4, 0.5) is 4.39 Å². The quantitative estimate of drug-likeness (QED) is 0.555. The highest BCUT2D eigenvalue weighted by atomic mass is 19.1. The molecule has 28 heavy (non-hydrogen) atoms. The number of benzene rings is 1. The van der Waals surface area contributed by atoms with Gasteiger partial charge in [-0.2, -0.15) is 0 Å². The van der Waals surface area contributed by atoms with Gasteiger partial charge in [-0.3, -0.25) is 9.89 Å². The molecule has 0 atom stereocenters. The second-order valence-electron chi connectivity index (χ2n) is 7.97. The van der Waals surface area contributed by atoms with Crippen LogP contribution in [0.2, 0.25) is 0 Å². The Morgan fingerprint density at radius 3 is 2.64 bits per heavy atom. The van der Waals surface area contributed by atoms with Gasteiger partial charge < -0.3 is 15.4 Å². The summed E-state index contributed by atoms with van der Waals surface area (Å²) in [7, 11) is 0. The van der Waals surface area contributed by atoms with Gasteiger partial charge in [0.15, 0.2) is 5.96 Å². The Morgan fingerprint density at radius 1 is 1.21 bits per heavy atom. The highest BCUT2D eigenvalue weighted by Gasteiger charge is 2.39. The molecule has 2 aliphatic heterocycles. The first-order valence-corrected chi connectivity index (χ1v) is 10.7. The van der Waals surface area contributed by atoms with E-state index in [9.17, 15) is 4.39 Å². The summed E-state index contributed by atoms with van der Waals surface area (Å²) in [4.78, 5) is 7.60. The highest BCUT2D eigenvalue weighted by Crippen LogP contribution is 2.31. The summed E-state index contributed by atoms with van der Waals surface area (Å²) in [6.45, 7) is 10.5. The van der Waals surface area contributed by atoms with Gasteiger partial charge in [-0.1, -0.05) is 6.07 Å². The minimum Gasteiger partial charge on any atom is -0.381 e. The Balaban J connectivity index is 1.60. The van der Waals surface area contributed by atoms with Crippen molar-refractivity contribution in [2.24, 2.45) is 4.99 Å². The van der Waals surface area contributed by atoms with Gasteiger partial charge in [0.25, 0.3) is 0 Å². The summed E-state index contributed by atoms with van der Waals surface area (Å²) in [5, 5.41) is 6.82. The lowest BCUT2D eigenvalue weighted by Crippen LogP contribution is -2.54. The summed E-state index contributed by atoms with van der Waals surface area (Å²) >= 11 is 0. The third-order valence-electron chi connectivity index (χ3n) is 6.07. The zero-order valence-corrected chi connectivity index (χ0v) is 17.4. The van der Waals surface area contributed by atoms with Gasteiger partial charge in [-0.15, -0.1) is 0 Å². The number of likely N-dealkylation sites (tertiary alicyclic amines) is 1. The molecule has 0 bridgehead atoms. The van der Waals surface area contributed by atoms with Crippen LogP contribution in [0.5, 0.6) is 0 Å². The fourth-order valence-corrected chi connectivity index (χ4v) is 4.34. The van der Waals surface area contributed by atoms with Gasteiger partial charge in [0.2, 0.25) is 0 Å². The molecule has 3 rings (SSSR count). The van der Waals surface area contributed by atoms with Crippen LogP contribution in [0.15, 0.2) is 23.2 Å². The Hall–Kier alpha value is -1.66. The number of guanidine groups is 1. The predicted molar refractivity (Wildman–Crippen MR) is 112 cm³/mol. The number of ether oxygens (including phenoxy) is 1. The van der Waals surface area contributed by atoms with Crippen LogP contribution >= 0.6 is 0 Å². The van der Waals surface area contributed by atoms with Crippen molar-refractivity contribution in [1.29, 1.82) is 0 Å². The molecule has 1 aromatic carbocycles. The molecule has 2 N–H and O–H groups in total. The van der Waals surface area contributed by atoms with Crippen molar-refractivity contribution in [2.45, 2.75) is 51.5 Å². The van der Waals surface area contributed by atoms with Crippen LogP contribution in [0.3, 0.4) is 0 Å². The molecule has 0 spiro atoms. The summed E-state index contributed by atoms with van der Waals surface area (Å²) in [6, 6.07) is 5.01. The number of aryl methyl sites for hydroxylation is 1. The van der Waals surface area contributed by atoms with Gasteiger partial charge in [-0.05, 0) is 82.3 Å². The molecule has 1 aromatic rings. The minimum atomic E-state index is -0.173. The van der Waals surface area contributed by atoms with Crippen LogP contribution in [0.25, 0.3) is 0 Å². The molecule has 6 heteroatoms. The Bertz CT molecular complexity index is 652. The molecule has 0 amide bonds. The zero-order valence-electron chi connectivity index (χ0n) is 17.4. The van der Waals surface area contributed by atoms with Crippen LogP contribution in [-0.4, -0.2) is 62.3 Å². The van der Waals surface area contributed by atoms with Crippen molar-refractivity contribution in [3.63, 3.8) is 0 Å². The number of hydrogen-bond donors (Lipinski definition) is 2. The molecule has 156 valence electrons. The zero-order chi connectivity index (χ0) is 19.8. The molecule has 0 unspecified atom stereocenters. The molecule has 0 aliphatic carbocycles. The molecule has 2 aliphatic rings. The van der Waals surface area contributed by atoms with E-state index in [2.05, 4.69) is 22.5 Å². The normalized spacial score (nSPS) is 20.3. The van der Waals surface area contributed by atoms with Gasteiger partial charge in [0.05, 0.1) is 6.54 Å². The Morgan fingerprint density at radius 2 is 1.96 bits per heavy atom.